The van der Waals surface area contributed by atoms with Crippen LogP contribution in [0.4, 0.5) is 0 Å². The maximum atomic E-state index is 12.3. The SMILES string of the molecule is COC(=O)C1CN(C(=O)C2CCN(C)C2)CC1C. The van der Waals surface area contributed by atoms with E-state index >= 15 is 0 Å². The molecule has 3 unspecified atom stereocenters. The Morgan fingerprint density at radius 1 is 1.22 bits per heavy atom. The first-order chi connectivity index (χ1) is 8.52. The number of hydrogen-bond acceptors (Lipinski definition) is 4. The van der Waals surface area contributed by atoms with E-state index in [-0.39, 0.29) is 29.6 Å². The smallest absolute Gasteiger partial charge is 0.310 e. The lowest BCUT2D eigenvalue weighted by Crippen LogP contribution is -2.36. The third-order valence-electron chi connectivity index (χ3n) is 4.17. The molecule has 102 valence electrons. The largest absolute Gasteiger partial charge is 0.469 e. The van der Waals surface area contributed by atoms with Gasteiger partial charge in [0.1, 0.15) is 0 Å². The zero-order valence-corrected chi connectivity index (χ0v) is 11.4. The molecule has 3 atom stereocenters. The minimum absolute atomic E-state index is 0.110. The van der Waals surface area contributed by atoms with Crippen LogP contribution in [0.2, 0.25) is 0 Å². The highest BCUT2D eigenvalue weighted by atomic mass is 16.5. The standard InChI is InChI=1S/C13H22N2O3/c1-9-6-15(8-11(9)13(17)18-3)12(16)10-4-5-14(2)7-10/h9-11H,4-8H2,1-3H3. The summed E-state index contributed by atoms with van der Waals surface area (Å²) < 4.78 is 4.79. The zero-order valence-electron chi connectivity index (χ0n) is 11.4. The number of carbonyl (C=O) groups is 2. The molecule has 0 saturated carbocycles. The van der Waals surface area contributed by atoms with Crippen LogP contribution >= 0.6 is 0 Å². The first-order valence-corrected chi connectivity index (χ1v) is 6.58. The van der Waals surface area contributed by atoms with Crippen molar-refractivity contribution in [3.8, 4) is 0 Å². The van der Waals surface area contributed by atoms with Gasteiger partial charge in [-0.05, 0) is 25.9 Å². The molecule has 0 aromatic heterocycles. The van der Waals surface area contributed by atoms with E-state index in [0.29, 0.717) is 13.1 Å². The summed E-state index contributed by atoms with van der Waals surface area (Å²) in [5.41, 5.74) is 0. The van der Waals surface area contributed by atoms with E-state index in [1.54, 1.807) is 0 Å². The van der Waals surface area contributed by atoms with E-state index < -0.39 is 0 Å². The number of carbonyl (C=O) groups excluding carboxylic acids is 2. The van der Waals surface area contributed by atoms with Gasteiger partial charge in [0.05, 0.1) is 18.9 Å². The number of likely N-dealkylation sites (tertiary alicyclic amines) is 2. The van der Waals surface area contributed by atoms with Gasteiger partial charge in [-0.15, -0.1) is 0 Å². The molecule has 0 spiro atoms. The van der Waals surface area contributed by atoms with Crippen molar-refractivity contribution in [3.63, 3.8) is 0 Å². The summed E-state index contributed by atoms with van der Waals surface area (Å²) in [6.45, 7) is 5.04. The number of ether oxygens (including phenoxy) is 1. The fourth-order valence-corrected chi connectivity index (χ4v) is 3.00. The Bertz CT molecular complexity index is 345. The zero-order chi connectivity index (χ0) is 13.3. The predicted molar refractivity (Wildman–Crippen MR) is 66.9 cm³/mol. The monoisotopic (exact) mass is 254 g/mol. The molecule has 0 bridgehead atoms. The van der Waals surface area contributed by atoms with Crippen LogP contribution in [-0.4, -0.2) is 62.0 Å². The summed E-state index contributed by atoms with van der Waals surface area (Å²) in [4.78, 5) is 28.0. The first-order valence-electron chi connectivity index (χ1n) is 6.58. The Kier molecular flexibility index (Phi) is 3.90. The summed E-state index contributed by atoms with van der Waals surface area (Å²) in [7, 11) is 3.45. The molecule has 0 radical (unpaired) electrons. The summed E-state index contributed by atoms with van der Waals surface area (Å²) in [5, 5.41) is 0. The van der Waals surface area contributed by atoms with Crippen LogP contribution in [0.1, 0.15) is 13.3 Å². The first kappa shape index (κ1) is 13.3. The van der Waals surface area contributed by atoms with Gasteiger partial charge in [0.25, 0.3) is 0 Å². The van der Waals surface area contributed by atoms with Crippen LogP contribution in [0, 0.1) is 17.8 Å². The Balaban J connectivity index is 1.95. The molecule has 0 aromatic carbocycles. The minimum atomic E-state index is -0.193. The molecule has 2 rings (SSSR count). The summed E-state index contributed by atoms with van der Waals surface area (Å²) in [6.07, 6.45) is 0.934. The number of hydrogen-bond donors (Lipinski definition) is 0. The quantitative estimate of drug-likeness (QED) is 0.661. The summed E-state index contributed by atoms with van der Waals surface area (Å²) in [6, 6.07) is 0. The van der Waals surface area contributed by atoms with E-state index in [1.165, 1.54) is 7.11 Å². The van der Waals surface area contributed by atoms with Crippen molar-refractivity contribution in [1.29, 1.82) is 0 Å². The van der Waals surface area contributed by atoms with Crippen LogP contribution < -0.4 is 0 Å². The fourth-order valence-electron chi connectivity index (χ4n) is 3.00. The van der Waals surface area contributed by atoms with E-state index in [9.17, 15) is 9.59 Å². The number of methoxy groups -OCH3 is 1. The van der Waals surface area contributed by atoms with Crippen LogP contribution in [0.3, 0.4) is 0 Å². The van der Waals surface area contributed by atoms with Gasteiger partial charge in [0.15, 0.2) is 0 Å². The molecule has 0 aromatic rings. The number of amides is 1. The molecule has 18 heavy (non-hydrogen) atoms. The van der Waals surface area contributed by atoms with Crippen molar-refractivity contribution in [3.05, 3.63) is 0 Å². The maximum absolute atomic E-state index is 12.3. The lowest BCUT2D eigenvalue weighted by atomic mass is 9.99. The molecule has 2 heterocycles. The number of esters is 1. The van der Waals surface area contributed by atoms with Crippen molar-refractivity contribution in [2.24, 2.45) is 17.8 Å². The fraction of sp³-hybridized carbons (Fsp3) is 0.846. The van der Waals surface area contributed by atoms with E-state index in [2.05, 4.69) is 4.90 Å². The molecule has 2 aliphatic heterocycles. The normalized spacial score (nSPS) is 32.8. The molecule has 0 aliphatic carbocycles. The van der Waals surface area contributed by atoms with Crippen molar-refractivity contribution in [1.82, 2.24) is 9.80 Å². The second-order valence-corrected chi connectivity index (χ2v) is 5.60. The Hall–Kier alpha value is -1.10. The third-order valence-corrected chi connectivity index (χ3v) is 4.17. The van der Waals surface area contributed by atoms with Gasteiger partial charge < -0.3 is 14.5 Å². The minimum Gasteiger partial charge on any atom is -0.469 e. The van der Waals surface area contributed by atoms with Gasteiger partial charge >= 0.3 is 5.97 Å². The van der Waals surface area contributed by atoms with Gasteiger partial charge in [-0.3, -0.25) is 9.59 Å². The van der Waals surface area contributed by atoms with Crippen molar-refractivity contribution >= 4 is 11.9 Å². The Labute approximate surface area is 108 Å². The molecule has 1 amide bonds. The Morgan fingerprint density at radius 3 is 2.50 bits per heavy atom. The topological polar surface area (TPSA) is 49.9 Å². The third kappa shape index (κ3) is 2.51. The van der Waals surface area contributed by atoms with Crippen LogP contribution in [0.25, 0.3) is 0 Å². The predicted octanol–water partition coefficient (Wildman–Crippen LogP) is 0.206. The van der Waals surface area contributed by atoms with E-state index in [0.717, 1.165) is 19.5 Å². The van der Waals surface area contributed by atoms with Crippen molar-refractivity contribution < 1.29 is 14.3 Å². The van der Waals surface area contributed by atoms with Gasteiger partial charge in [0, 0.05) is 19.6 Å². The van der Waals surface area contributed by atoms with Crippen LogP contribution in [0.5, 0.6) is 0 Å². The van der Waals surface area contributed by atoms with Crippen LogP contribution in [0.15, 0.2) is 0 Å². The highest BCUT2D eigenvalue weighted by molar-refractivity contribution is 5.81. The van der Waals surface area contributed by atoms with Gasteiger partial charge in [-0.1, -0.05) is 6.92 Å². The van der Waals surface area contributed by atoms with E-state index in [1.807, 2.05) is 18.9 Å². The van der Waals surface area contributed by atoms with Gasteiger partial charge in [-0.25, -0.2) is 0 Å². The van der Waals surface area contributed by atoms with Crippen molar-refractivity contribution in [2.75, 3.05) is 40.3 Å². The second kappa shape index (κ2) is 5.26. The number of nitrogens with zero attached hydrogens (tertiary/aromatic N) is 2. The van der Waals surface area contributed by atoms with Crippen LogP contribution in [-0.2, 0) is 14.3 Å². The lowest BCUT2D eigenvalue weighted by Gasteiger charge is -2.20. The molecule has 5 heteroatoms. The molecule has 5 nitrogen and oxygen atoms in total. The van der Waals surface area contributed by atoms with Crippen molar-refractivity contribution in [2.45, 2.75) is 13.3 Å². The second-order valence-electron chi connectivity index (χ2n) is 5.60. The Morgan fingerprint density at radius 2 is 1.94 bits per heavy atom. The highest BCUT2D eigenvalue weighted by Crippen LogP contribution is 2.27. The molecular formula is C13H22N2O3. The average molecular weight is 254 g/mol. The lowest BCUT2D eigenvalue weighted by molar-refractivity contribution is -0.146. The highest BCUT2D eigenvalue weighted by Gasteiger charge is 2.40. The average Bonchev–Trinajstić information content (AvgIpc) is 2.94. The van der Waals surface area contributed by atoms with E-state index in [4.69, 9.17) is 4.74 Å². The molecule has 2 aliphatic rings. The molecule has 2 fully saturated rings. The van der Waals surface area contributed by atoms with Gasteiger partial charge in [0.2, 0.25) is 5.91 Å². The van der Waals surface area contributed by atoms with Gasteiger partial charge in [-0.2, -0.15) is 0 Å². The number of rotatable bonds is 2. The summed E-state index contributed by atoms with van der Waals surface area (Å²) in [5.74, 6) is 0.163. The summed E-state index contributed by atoms with van der Waals surface area (Å²) >= 11 is 0. The molecule has 0 N–H and O–H groups in total. The molecular weight excluding hydrogens is 232 g/mol. The molecule has 2 saturated heterocycles. The maximum Gasteiger partial charge on any atom is 0.310 e.